The first-order valence-corrected chi connectivity index (χ1v) is 8.93. The van der Waals surface area contributed by atoms with Crippen molar-refractivity contribution in [1.82, 2.24) is 15.3 Å². The van der Waals surface area contributed by atoms with Crippen LogP contribution in [0, 0.1) is 6.92 Å². The Morgan fingerprint density at radius 3 is 2.75 bits per heavy atom. The highest BCUT2D eigenvalue weighted by Crippen LogP contribution is 2.30. The minimum absolute atomic E-state index is 0.106. The number of alkyl carbamates (subject to hydrolysis) is 1. The fraction of sp³-hybridized carbons (Fsp3) is 0.722. The molecule has 1 aromatic rings. The molecule has 0 saturated carbocycles. The Labute approximate surface area is 144 Å². The Kier molecular flexibility index (Phi) is 4.65. The van der Waals surface area contributed by atoms with Crippen molar-refractivity contribution in [3.05, 3.63) is 17.1 Å². The molecule has 1 saturated heterocycles. The molecule has 1 aromatic heterocycles. The second-order valence-corrected chi connectivity index (χ2v) is 7.80. The summed E-state index contributed by atoms with van der Waals surface area (Å²) in [6.45, 7) is 9.28. The summed E-state index contributed by atoms with van der Waals surface area (Å²) in [5.74, 6) is 1.92. The zero-order valence-electron chi connectivity index (χ0n) is 15.2. The van der Waals surface area contributed by atoms with Crippen molar-refractivity contribution in [3.63, 3.8) is 0 Å². The van der Waals surface area contributed by atoms with Gasteiger partial charge in [-0.1, -0.05) is 0 Å². The maximum atomic E-state index is 12.0. The summed E-state index contributed by atoms with van der Waals surface area (Å²) in [6, 6.07) is 0.106. The summed E-state index contributed by atoms with van der Waals surface area (Å²) in [6.07, 6.45) is 5.11. The third-order valence-corrected chi connectivity index (χ3v) is 4.48. The van der Waals surface area contributed by atoms with Gasteiger partial charge in [-0.25, -0.2) is 14.8 Å². The number of ether oxygens (including phenoxy) is 1. The predicted molar refractivity (Wildman–Crippen MR) is 93.4 cm³/mol. The lowest BCUT2D eigenvalue weighted by Gasteiger charge is -2.25. The van der Waals surface area contributed by atoms with E-state index in [0.29, 0.717) is 0 Å². The van der Waals surface area contributed by atoms with Crippen LogP contribution in [0.15, 0.2) is 0 Å². The highest BCUT2D eigenvalue weighted by molar-refractivity contribution is 5.68. The van der Waals surface area contributed by atoms with E-state index in [1.807, 2.05) is 27.7 Å². The SMILES string of the molecule is Cc1nc2c(c(N3CC[C@H](NC(=O)OC(C)(C)C)C3)n1)CCCC2. The van der Waals surface area contributed by atoms with Crippen LogP contribution in [0.4, 0.5) is 10.6 Å². The fourth-order valence-electron chi connectivity index (χ4n) is 3.50. The van der Waals surface area contributed by atoms with Gasteiger partial charge in [0.05, 0.1) is 6.04 Å². The zero-order valence-corrected chi connectivity index (χ0v) is 15.2. The number of aromatic nitrogens is 2. The van der Waals surface area contributed by atoms with Crippen LogP contribution in [-0.2, 0) is 17.6 Å². The Bertz CT molecular complexity index is 624. The van der Waals surface area contributed by atoms with Crippen molar-refractivity contribution in [2.24, 2.45) is 0 Å². The lowest BCUT2D eigenvalue weighted by molar-refractivity contribution is 0.0509. The van der Waals surface area contributed by atoms with Crippen LogP contribution in [0.3, 0.4) is 0 Å². The molecule has 1 aliphatic carbocycles. The van der Waals surface area contributed by atoms with E-state index in [0.717, 1.165) is 44.0 Å². The summed E-state index contributed by atoms with van der Waals surface area (Å²) < 4.78 is 5.36. The van der Waals surface area contributed by atoms with Gasteiger partial charge in [0.1, 0.15) is 17.2 Å². The molecule has 0 aromatic carbocycles. The Morgan fingerprint density at radius 1 is 1.25 bits per heavy atom. The van der Waals surface area contributed by atoms with E-state index in [9.17, 15) is 4.79 Å². The van der Waals surface area contributed by atoms with Crippen molar-refractivity contribution >= 4 is 11.9 Å². The molecule has 1 N–H and O–H groups in total. The number of aryl methyl sites for hydroxylation is 2. The molecule has 24 heavy (non-hydrogen) atoms. The van der Waals surface area contributed by atoms with E-state index in [1.54, 1.807) is 0 Å². The molecule has 2 heterocycles. The number of nitrogens with one attached hydrogen (secondary N) is 1. The molecule has 2 aliphatic rings. The molecule has 6 heteroatoms. The lowest BCUT2D eigenvalue weighted by atomic mass is 9.96. The number of carbonyl (C=O) groups is 1. The first kappa shape index (κ1) is 17.0. The van der Waals surface area contributed by atoms with Gasteiger partial charge in [0.2, 0.25) is 0 Å². The second kappa shape index (κ2) is 6.57. The lowest BCUT2D eigenvalue weighted by Crippen LogP contribution is -2.40. The maximum Gasteiger partial charge on any atom is 0.407 e. The number of carbonyl (C=O) groups excluding carboxylic acids is 1. The van der Waals surface area contributed by atoms with Gasteiger partial charge in [0, 0.05) is 24.3 Å². The summed E-state index contributed by atoms with van der Waals surface area (Å²) in [7, 11) is 0. The third-order valence-electron chi connectivity index (χ3n) is 4.48. The van der Waals surface area contributed by atoms with Crippen LogP contribution in [-0.4, -0.2) is 40.8 Å². The Morgan fingerprint density at radius 2 is 2.00 bits per heavy atom. The van der Waals surface area contributed by atoms with E-state index in [4.69, 9.17) is 9.72 Å². The van der Waals surface area contributed by atoms with Gasteiger partial charge < -0.3 is 15.0 Å². The monoisotopic (exact) mass is 332 g/mol. The van der Waals surface area contributed by atoms with Gasteiger partial charge in [0.15, 0.2) is 0 Å². The number of anilines is 1. The number of nitrogens with zero attached hydrogens (tertiary/aromatic N) is 3. The van der Waals surface area contributed by atoms with Crippen molar-refractivity contribution in [2.75, 3.05) is 18.0 Å². The second-order valence-electron chi connectivity index (χ2n) is 7.80. The van der Waals surface area contributed by atoms with Gasteiger partial charge >= 0.3 is 6.09 Å². The quantitative estimate of drug-likeness (QED) is 0.902. The highest BCUT2D eigenvalue weighted by atomic mass is 16.6. The molecule has 1 amide bonds. The molecule has 6 nitrogen and oxygen atoms in total. The van der Waals surface area contributed by atoms with Crippen LogP contribution in [0.1, 0.15) is 57.1 Å². The minimum Gasteiger partial charge on any atom is -0.444 e. The van der Waals surface area contributed by atoms with Crippen LogP contribution < -0.4 is 10.2 Å². The third kappa shape index (κ3) is 3.97. The van der Waals surface area contributed by atoms with Gasteiger partial charge in [-0.05, 0) is 59.8 Å². The molecule has 1 atom stereocenters. The van der Waals surface area contributed by atoms with Crippen LogP contribution in [0.2, 0.25) is 0 Å². The van der Waals surface area contributed by atoms with Crippen molar-refractivity contribution in [1.29, 1.82) is 0 Å². The summed E-state index contributed by atoms with van der Waals surface area (Å²) in [5.41, 5.74) is 2.06. The van der Waals surface area contributed by atoms with Crippen LogP contribution in [0.5, 0.6) is 0 Å². The molecule has 132 valence electrons. The summed E-state index contributed by atoms with van der Waals surface area (Å²) in [5, 5.41) is 2.98. The van der Waals surface area contributed by atoms with Gasteiger partial charge in [-0.3, -0.25) is 0 Å². The van der Waals surface area contributed by atoms with E-state index in [2.05, 4.69) is 15.2 Å². The molecule has 1 fully saturated rings. The minimum atomic E-state index is -0.467. The molecule has 1 aliphatic heterocycles. The highest BCUT2D eigenvalue weighted by Gasteiger charge is 2.29. The van der Waals surface area contributed by atoms with Gasteiger partial charge in [-0.2, -0.15) is 0 Å². The number of fused-ring (bicyclic) bond motifs is 1. The first-order valence-electron chi connectivity index (χ1n) is 8.93. The molecule has 0 spiro atoms. The van der Waals surface area contributed by atoms with Crippen molar-refractivity contribution in [3.8, 4) is 0 Å². The van der Waals surface area contributed by atoms with Crippen molar-refractivity contribution in [2.45, 2.75) is 71.4 Å². The number of amides is 1. The van der Waals surface area contributed by atoms with E-state index in [-0.39, 0.29) is 12.1 Å². The predicted octanol–water partition coefficient (Wildman–Crippen LogP) is 2.77. The fourth-order valence-corrected chi connectivity index (χ4v) is 3.50. The number of rotatable bonds is 2. The van der Waals surface area contributed by atoms with E-state index < -0.39 is 5.60 Å². The van der Waals surface area contributed by atoms with Gasteiger partial charge in [-0.15, -0.1) is 0 Å². The number of hydrogen-bond donors (Lipinski definition) is 1. The molecular weight excluding hydrogens is 304 g/mol. The Hall–Kier alpha value is -1.85. The van der Waals surface area contributed by atoms with Gasteiger partial charge in [0.25, 0.3) is 0 Å². The maximum absolute atomic E-state index is 12.0. The molecule has 0 unspecified atom stereocenters. The molecule has 0 radical (unpaired) electrons. The largest absolute Gasteiger partial charge is 0.444 e. The number of hydrogen-bond acceptors (Lipinski definition) is 5. The average Bonchev–Trinajstić information content (AvgIpc) is 2.92. The summed E-state index contributed by atoms with van der Waals surface area (Å²) in [4.78, 5) is 23.6. The topological polar surface area (TPSA) is 67.4 Å². The van der Waals surface area contributed by atoms with Crippen LogP contribution in [0.25, 0.3) is 0 Å². The molecular formula is C18H28N4O2. The standard InChI is InChI=1S/C18H28N4O2/c1-12-19-15-8-6-5-7-14(15)16(20-12)22-10-9-13(11-22)21-17(23)24-18(2,3)4/h13H,5-11H2,1-4H3,(H,21,23)/t13-/m0/s1. The Balaban J connectivity index is 1.68. The average molecular weight is 332 g/mol. The zero-order chi connectivity index (χ0) is 17.3. The molecule has 0 bridgehead atoms. The van der Waals surface area contributed by atoms with Crippen LogP contribution >= 0.6 is 0 Å². The normalized spacial score (nSPS) is 20.7. The van der Waals surface area contributed by atoms with E-state index in [1.165, 1.54) is 24.1 Å². The smallest absolute Gasteiger partial charge is 0.407 e. The molecule has 3 rings (SSSR count). The summed E-state index contributed by atoms with van der Waals surface area (Å²) >= 11 is 0. The van der Waals surface area contributed by atoms with Crippen molar-refractivity contribution < 1.29 is 9.53 Å². The first-order chi connectivity index (χ1) is 11.3. The van der Waals surface area contributed by atoms with E-state index >= 15 is 0 Å².